The number of hydrogen-bond donors (Lipinski definition) is 0. The van der Waals surface area contributed by atoms with Crippen molar-refractivity contribution in [2.24, 2.45) is 4.99 Å². The lowest BCUT2D eigenvalue weighted by Crippen LogP contribution is -2.32. The highest BCUT2D eigenvalue weighted by atomic mass is 19.4. The maximum Gasteiger partial charge on any atom is 0.573 e. The van der Waals surface area contributed by atoms with Crippen LogP contribution in [0.25, 0.3) is 0 Å². The van der Waals surface area contributed by atoms with Gasteiger partial charge in [-0.1, -0.05) is 24.3 Å². The highest BCUT2D eigenvalue weighted by Crippen LogP contribution is 2.53. The van der Waals surface area contributed by atoms with Crippen molar-refractivity contribution in [1.29, 1.82) is 0 Å². The molecule has 4 nitrogen and oxygen atoms in total. The second-order valence-corrected chi connectivity index (χ2v) is 5.18. The lowest BCUT2D eigenvalue weighted by molar-refractivity contribution is -0.275. The van der Waals surface area contributed by atoms with Crippen LogP contribution in [0.1, 0.15) is 11.1 Å². The van der Waals surface area contributed by atoms with Crippen molar-refractivity contribution in [2.45, 2.75) is 11.9 Å². The largest absolute Gasteiger partial charge is 0.573 e. The van der Waals surface area contributed by atoms with E-state index in [1.807, 2.05) is 0 Å². The lowest BCUT2D eigenvalue weighted by atomic mass is 9.81. The molecular formula is C16H10F3NO3. The monoisotopic (exact) mass is 321 g/mol. The van der Waals surface area contributed by atoms with Gasteiger partial charge in [-0.15, -0.1) is 13.2 Å². The number of nitrogens with zero attached hydrogens (tertiary/aromatic N) is 1. The van der Waals surface area contributed by atoms with Crippen LogP contribution in [0.4, 0.5) is 13.2 Å². The van der Waals surface area contributed by atoms with Crippen molar-refractivity contribution in [3.8, 4) is 17.2 Å². The molecule has 1 unspecified atom stereocenters. The maximum absolute atomic E-state index is 12.7. The summed E-state index contributed by atoms with van der Waals surface area (Å²) in [6.45, 7) is 0.0819. The molecule has 0 bridgehead atoms. The van der Waals surface area contributed by atoms with Gasteiger partial charge in [0.2, 0.25) is 0 Å². The molecule has 7 heteroatoms. The number of hydrogen-bond acceptors (Lipinski definition) is 4. The van der Waals surface area contributed by atoms with Crippen LogP contribution in [0.3, 0.4) is 0 Å². The molecule has 0 radical (unpaired) electrons. The van der Waals surface area contributed by atoms with Gasteiger partial charge < -0.3 is 14.2 Å². The van der Waals surface area contributed by atoms with Crippen LogP contribution in [-0.4, -0.2) is 19.4 Å². The van der Waals surface area contributed by atoms with Crippen LogP contribution >= 0.6 is 0 Å². The quantitative estimate of drug-likeness (QED) is 0.797. The second kappa shape index (κ2) is 4.65. The standard InChI is InChI=1S/C16H10F3NO3/c17-16(18,19)23-13-7-3-6-12-14(13)15(8-21-9-20-15)10-4-1-2-5-11(10)22-12/h1-7,9H,8H2. The average Bonchev–Trinajstić information content (AvgIpc) is 2.96. The molecule has 4 rings (SSSR count). The zero-order valence-electron chi connectivity index (χ0n) is 11.6. The number of para-hydroxylation sites is 1. The van der Waals surface area contributed by atoms with Crippen molar-refractivity contribution in [3.63, 3.8) is 0 Å². The van der Waals surface area contributed by atoms with Gasteiger partial charge in [0.1, 0.15) is 23.9 Å². The third-order valence-electron chi connectivity index (χ3n) is 3.82. The van der Waals surface area contributed by atoms with E-state index in [0.717, 1.165) is 0 Å². The van der Waals surface area contributed by atoms with Crippen LogP contribution < -0.4 is 9.47 Å². The molecule has 0 amide bonds. The molecule has 0 N–H and O–H groups in total. The molecule has 0 saturated heterocycles. The molecular weight excluding hydrogens is 311 g/mol. The highest BCUT2D eigenvalue weighted by molar-refractivity contribution is 5.66. The van der Waals surface area contributed by atoms with E-state index in [9.17, 15) is 13.2 Å². The molecule has 2 aliphatic heterocycles. The summed E-state index contributed by atoms with van der Waals surface area (Å²) >= 11 is 0. The van der Waals surface area contributed by atoms with Gasteiger partial charge in [0.25, 0.3) is 0 Å². The minimum atomic E-state index is -4.81. The van der Waals surface area contributed by atoms with Crippen molar-refractivity contribution in [1.82, 2.24) is 0 Å². The molecule has 1 spiro atoms. The van der Waals surface area contributed by atoms with Crippen LogP contribution in [0.2, 0.25) is 0 Å². The Bertz CT molecular complexity index is 803. The third-order valence-corrected chi connectivity index (χ3v) is 3.82. The van der Waals surface area contributed by atoms with Gasteiger partial charge in [-0.2, -0.15) is 0 Å². The molecule has 0 aliphatic carbocycles. The molecule has 1 atom stereocenters. The smallest absolute Gasteiger partial charge is 0.480 e. The van der Waals surface area contributed by atoms with Crippen LogP contribution in [0.15, 0.2) is 47.5 Å². The lowest BCUT2D eigenvalue weighted by Gasteiger charge is -2.34. The van der Waals surface area contributed by atoms with Crippen molar-refractivity contribution in [3.05, 3.63) is 53.6 Å². The van der Waals surface area contributed by atoms with Gasteiger partial charge >= 0.3 is 6.36 Å². The van der Waals surface area contributed by atoms with Gasteiger partial charge in [0.05, 0.1) is 5.56 Å². The highest BCUT2D eigenvalue weighted by Gasteiger charge is 2.48. The summed E-state index contributed by atoms with van der Waals surface area (Å²) in [6.07, 6.45) is -3.56. The number of halogens is 3. The Morgan fingerprint density at radius 1 is 1.04 bits per heavy atom. The minimum absolute atomic E-state index is 0.0819. The molecule has 118 valence electrons. The van der Waals surface area contributed by atoms with Gasteiger partial charge in [-0.05, 0) is 18.2 Å². The molecule has 0 saturated carbocycles. The first-order chi connectivity index (χ1) is 11.0. The molecule has 2 aliphatic rings. The Labute approximate surface area is 129 Å². The van der Waals surface area contributed by atoms with E-state index in [1.54, 1.807) is 30.3 Å². The Morgan fingerprint density at radius 2 is 1.83 bits per heavy atom. The van der Waals surface area contributed by atoms with E-state index in [4.69, 9.17) is 9.47 Å². The SMILES string of the molecule is FC(F)(F)Oc1cccc2c1C1(COC=N1)c1ccccc1O2. The Kier molecular flexibility index (Phi) is 2.81. The molecule has 2 heterocycles. The number of ether oxygens (including phenoxy) is 3. The third kappa shape index (κ3) is 2.11. The number of alkyl halides is 3. The molecule has 0 fully saturated rings. The van der Waals surface area contributed by atoms with Gasteiger partial charge in [0, 0.05) is 5.56 Å². The fourth-order valence-electron chi connectivity index (χ4n) is 2.97. The zero-order valence-corrected chi connectivity index (χ0v) is 11.6. The molecule has 2 aromatic rings. The topological polar surface area (TPSA) is 40.0 Å². The Hall–Kier alpha value is -2.70. The first kappa shape index (κ1) is 13.9. The van der Waals surface area contributed by atoms with Crippen LogP contribution in [-0.2, 0) is 10.3 Å². The summed E-state index contributed by atoms with van der Waals surface area (Å²) in [5.74, 6) is 0.465. The van der Waals surface area contributed by atoms with Crippen LogP contribution in [0.5, 0.6) is 17.2 Å². The molecule has 0 aromatic heterocycles. The molecule has 2 aromatic carbocycles. The first-order valence-electron chi connectivity index (χ1n) is 6.81. The fraction of sp³-hybridized carbons (Fsp3) is 0.188. The predicted octanol–water partition coefficient (Wildman–Crippen LogP) is 3.99. The number of rotatable bonds is 1. The maximum atomic E-state index is 12.7. The van der Waals surface area contributed by atoms with Gasteiger partial charge in [0.15, 0.2) is 11.9 Å². The summed E-state index contributed by atoms with van der Waals surface area (Å²) in [5, 5.41) is 0. The second-order valence-electron chi connectivity index (χ2n) is 5.18. The zero-order chi connectivity index (χ0) is 16.1. The van der Waals surface area contributed by atoms with Gasteiger partial charge in [-0.25, -0.2) is 4.99 Å². The van der Waals surface area contributed by atoms with E-state index in [2.05, 4.69) is 9.73 Å². The Balaban J connectivity index is 1.96. The van der Waals surface area contributed by atoms with E-state index in [1.165, 1.54) is 18.5 Å². The summed E-state index contributed by atoms with van der Waals surface area (Å²) in [4.78, 5) is 4.33. The van der Waals surface area contributed by atoms with Crippen molar-refractivity contribution in [2.75, 3.05) is 6.61 Å². The van der Waals surface area contributed by atoms with E-state index >= 15 is 0 Å². The minimum Gasteiger partial charge on any atom is -0.480 e. The van der Waals surface area contributed by atoms with E-state index in [0.29, 0.717) is 11.3 Å². The van der Waals surface area contributed by atoms with Crippen molar-refractivity contribution < 1.29 is 27.4 Å². The molecule has 23 heavy (non-hydrogen) atoms. The van der Waals surface area contributed by atoms with E-state index in [-0.39, 0.29) is 23.7 Å². The van der Waals surface area contributed by atoms with Gasteiger partial charge in [-0.3, -0.25) is 0 Å². The van der Waals surface area contributed by atoms with Crippen LogP contribution in [0, 0.1) is 0 Å². The first-order valence-corrected chi connectivity index (χ1v) is 6.81. The summed E-state index contributed by atoms with van der Waals surface area (Å²) in [5.41, 5.74) is -0.254. The number of aliphatic imine (C=N–C) groups is 1. The summed E-state index contributed by atoms with van der Waals surface area (Å²) < 4.78 is 53.4. The number of benzene rings is 2. The summed E-state index contributed by atoms with van der Waals surface area (Å²) in [6, 6.07) is 11.3. The fourth-order valence-corrected chi connectivity index (χ4v) is 2.97. The Morgan fingerprint density at radius 3 is 2.57 bits per heavy atom. The number of fused-ring (bicyclic) bond motifs is 4. The average molecular weight is 321 g/mol. The van der Waals surface area contributed by atoms with Crippen molar-refractivity contribution >= 4 is 6.40 Å². The van der Waals surface area contributed by atoms with E-state index < -0.39 is 11.9 Å². The normalized spacial score (nSPS) is 21.3. The predicted molar refractivity (Wildman–Crippen MR) is 74.9 cm³/mol. The summed E-state index contributed by atoms with van der Waals surface area (Å²) in [7, 11) is 0.